The molecule has 1 saturated carbocycles. The molecule has 1 atom stereocenters. The molecule has 0 aromatic heterocycles. The quantitative estimate of drug-likeness (QED) is 0.754. The van der Waals surface area contributed by atoms with E-state index in [-0.39, 0.29) is 22.3 Å². The van der Waals surface area contributed by atoms with Gasteiger partial charge >= 0.3 is 0 Å². The molecule has 0 heterocycles. The van der Waals surface area contributed by atoms with Crippen LogP contribution in [0.25, 0.3) is 0 Å². The number of Topliss-reactive ketones (excluding diaryl/α,β-unsaturated/α-hetero) is 1. The van der Waals surface area contributed by atoms with Gasteiger partial charge in [0.15, 0.2) is 0 Å². The van der Waals surface area contributed by atoms with E-state index in [1.54, 1.807) is 6.07 Å². The minimum absolute atomic E-state index is 0.196. The molecular formula is C12H11Br2FO. The molecule has 0 radical (unpaired) electrons. The molecule has 0 amide bonds. The maximum absolute atomic E-state index is 13.0. The number of carbonyl (C=O) groups excluding carboxylic acids is 1. The Balaban J connectivity index is 2.07. The molecule has 4 heteroatoms. The molecule has 16 heavy (non-hydrogen) atoms. The van der Waals surface area contributed by atoms with Crippen LogP contribution < -0.4 is 0 Å². The van der Waals surface area contributed by atoms with Gasteiger partial charge in [0, 0.05) is 10.4 Å². The Morgan fingerprint density at radius 1 is 1.50 bits per heavy atom. The molecule has 0 spiro atoms. The zero-order valence-corrected chi connectivity index (χ0v) is 11.7. The van der Waals surface area contributed by atoms with E-state index in [0.29, 0.717) is 6.42 Å². The monoisotopic (exact) mass is 348 g/mol. The number of hydrogen-bond donors (Lipinski definition) is 0. The van der Waals surface area contributed by atoms with E-state index in [4.69, 9.17) is 0 Å². The summed E-state index contributed by atoms with van der Waals surface area (Å²) < 4.78 is 13.9. The first-order valence-electron chi connectivity index (χ1n) is 5.19. The largest absolute Gasteiger partial charge is 0.298 e. The van der Waals surface area contributed by atoms with Crippen molar-refractivity contribution in [2.75, 3.05) is 0 Å². The zero-order chi connectivity index (χ0) is 11.7. The summed E-state index contributed by atoms with van der Waals surface area (Å²) in [6.07, 6.45) is 2.55. The third-order valence-electron chi connectivity index (χ3n) is 2.70. The Morgan fingerprint density at radius 3 is 2.81 bits per heavy atom. The van der Waals surface area contributed by atoms with Crippen molar-refractivity contribution in [2.24, 2.45) is 5.92 Å². The Morgan fingerprint density at radius 2 is 2.19 bits per heavy atom. The van der Waals surface area contributed by atoms with Crippen molar-refractivity contribution in [3.05, 3.63) is 34.1 Å². The number of rotatable bonds is 4. The smallest absolute Gasteiger partial charge is 0.149 e. The minimum atomic E-state index is -0.267. The van der Waals surface area contributed by atoms with Crippen molar-refractivity contribution in [3.8, 4) is 0 Å². The summed E-state index contributed by atoms with van der Waals surface area (Å²) in [5.74, 6) is 0.213. The SMILES string of the molecule is O=C(C(Br)Cc1cc(F)ccc1Br)C1CC1. The van der Waals surface area contributed by atoms with Crippen molar-refractivity contribution in [3.63, 3.8) is 0 Å². The molecule has 86 valence electrons. The fourth-order valence-corrected chi connectivity index (χ4v) is 2.75. The first-order chi connectivity index (χ1) is 7.58. The van der Waals surface area contributed by atoms with E-state index in [1.165, 1.54) is 12.1 Å². The van der Waals surface area contributed by atoms with Gasteiger partial charge in [0.05, 0.1) is 4.83 Å². The standard InChI is InChI=1S/C12H11Br2FO/c13-10-4-3-9(15)5-8(10)6-11(14)12(16)7-1-2-7/h3-5,7,11H,1-2,6H2. The number of halogens is 3. The van der Waals surface area contributed by atoms with Gasteiger partial charge in [-0.2, -0.15) is 0 Å². The average molecular weight is 350 g/mol. The molecule has 0 bridgehead atoms. The van der Waals surface area contributed by atoms with Crippen LogP contribution in [0.1, 0.15) is 18.4 Å². The third-order valence-corrected chi connectivity index (χ3v) is 4.24. The zero-order valence-electron chi connectivity index (χ0n) is 8.55. The fraction of sp³-hybridized carbons (Fsp3) is 0.417. The molecule has 0 aliphatic heterocycles. The molecule has 0 saturated heterocycles. The molecule has 1 aromatic carbocycles. The van der Waals surface area contributed by atoms with Crippen molar-refractivity contribution in [2.45, 2.75) is 24.1 Å². The Bertz CT molecular complexity index is 415. The van der Waals surface area contributed by atoms with Gasteiger partial charge < -0.3 is 0 Å². The van der Waals surface area contributed by atoms with Gasteiger partial charge in [0.2, 0.25) is 0 Å². The lowest BCUT2D eigenvalue weighted by Gasteiger charge is -2.09. The Hall–Kier alpha value is -0.220. The van der Waals surface area contributed by atoms with E-state index in [1.807, 2.05) is 0 Å². The molecule has 1 aromatic rings. The van der Waals surface area contributed by atoms with Gasteiger partial charge in [-0.1, -0.05) is 31.9 Å². The molecular weight excluding hydrogens is 339 g/mol. The highest BCUT2D eigenvalue weighted by Gasteiger charge is 2.33. The van der Waals surface area contributed by atoms with Crippen molar-refractivity contribution in [1.29, 1.82) is 0 Å². The van der Waals surface area contributed by atoms with Crippen LogP contribution in [-0.4, -0.2) is 10.6 Å². The first-order valence-corrected chi connectivity index (χ1v) is 6.90. The summed E-state index contributed by atoms with van der Waals surface area (Å²) in [6.45, 7) is 0. The van der Waals surface area contributed by atoms with E-state index < -0.39 is 0 Å². The molecule has 1 aliphatic carbocycles. The van der Waals surface area contributed by atoms with Crippen LogP contribution in [0, 0.1) is 11.7 Å². The lowest BCUT2D eigenvalue weighted by Crippen LogP contribution is -2.18. The van der Waals surface area contributed by atoms with Crippen molar-refractivity contribution >= 4 is 37.6 Å². The highest BCUT2D eigenvalue weighted by atomic mass is 79.9. The van der Waals surface area contributed by atoms with Crippen LogP contribution in [0.4, 0.5) is 4.39 Å². The molecule has 1 unspecified atom stereocenters. The molecule has 0 N–H and O–H groups in total. The molecule has 2 rings (SSSR count). The summed E-state index contributed by atoms with van der Waals surface area (Å²) >= 11 is 6.75. The Kier molecular flexibility index (Phi) is 3.80. The summed E-state index contributed by atoms with van der Waals surface area (Å²) in [5, 5.41) is 0. The molecule has 1 fully saturated rings. The fourth-order valence-electron chi connectivity index (χ4n) is 1.62. The summed E-state index contributed by atoms with van der Waals surface area (Å²) in [6, 6.07) is 4.55. The number of ketones is 1. The topological polar surface area (TPSA) is 17.1 Å². The second-order valence-corrected chi connectivity index (χ2v) is 6.04. The minimum Gasteiger partial charge on any atom is -0.298 e. The highest BCUT2D eigenvalue weighted by Crippen LogP contribution is 2.34. The lowest BCUT2D eigenvalue weighted by molar-refractivity contribution is -0.119. The third kappa shape index (κ3) is 2.92. The predicted molar refractivity (Wildman–Crippen MR) is 68.3 cm³/mol. The second kappa shape index (κ2) is 4.96. The van der Waals surface area contributed by atoms with Gasteiger partial charge in [-0.25, -0.2) is 4.39 Å². The number of benzene rings is 1. The van der Waals surface area contributed by atoms with Crippen LogP contribution in [0.3, 0.4) is 0 Å². The number of carbonyl (C=O) groups is 1. The van der Waals surface area contributed by atoms with Crippen molar-refractivity contribution in [1.82, 2.24) is 0 Å². The van der Waals surface area contributed by atoms with Gasteiger partial charge in [0.1, 0.15) is 11.6 Å². The van der Waals surface area contributed by atoms with Crippen LogP contribution >= 0.6 is 31.9 Å². The van der Waals surface area contributed by atoms with Gasteiger partial charge in [-0.15, -0.1) is 0 Å². The summed E-state index contributed by atoms with van der Waals surface area (Å²) in [5.41, 5.74) is 0.830. The maximum Gasteiger partial charge on any atom is 0.149 e. The number of alkyl halides is 1. The summed E-state index contributed by atoms with van der Waals surface area (Å²) in [4.78, 5) is 11.6. The van der Waals surface area contributed by atoms with E-state index in [0.717, 1.165) is 22.9 Å². The average Bonchev–Trinajstić information content (AvgIpc) is 3.06. The van der Waals surface area contributed by atoms with E-state index in [2.05, 4.69) is 31.9 Å². The lowest BCUT2D eigenvalue weighted by atomic mass is 10.1. The van der Waals surface area contributed by atoms with E-state index in [9.17, 15) is 9.18 Å². The van der Waals surface area contributed by atoms with Crippen molar-refractivity contribution < 1.29 is 9.18 Å². The van der Waals surface area contributed by atoms with Gasteiger partial charge in [-0.05, 0) is 43.0 Å². The van der Waals surface area contributed by atoms with Crippen LogP contribution in [0.15, 0.2) is 22.7 Å². The Labute approximate surface area is 111 Å². The molecule has 1 aliphatic rings. The first kappa shape index (κ1) is 12.2. The predicted octanol–water partition coefficient (Wildman–Crippen LogP) is 3.87. The van der Waals surface area contributed by atoms with Crippen LogP contribution in [0.5, 0.6) is 0 Å². The summed E-state index contributed by atoms with van der Waals surface area (Å²) in [7, 11) is 0. The number of hydrogen-bond acceptors (Lipinski definition) is 1. The molecule has 1 nitrogen and oxygen atoms in total. The van der Waals surface area contributed by atoms with Gasteiger partial charge in [-0.3, -0.25) is 4.79 Å². The normalized spacial score (nSPS) is 17.2. The highest BCUT2D eigenvalue weighted by molar-refractivity contribution is 9.10. The van der Waals surface area contributed by atoms with Gasteiger partial charge in [0.25, 0.3) is 0 Å². The van der Waals surface area contributed by atoms with Crippen LogP contribution in [-0.2, 0) is 11.2 Å². The maximum atomic E-state index is 13.0. The van der Waals surface area contributed by atoms with E-state index >= 15 is 0 Å². The second-order valence-electron chi connectivity index (χ2n) is 4.08. The van der Waals surface area contributed by atoms with Crippen LogP contribution in [0.2, 0.25) is 0 Å².